The fourth-order valence-corrected chi connectivity index (χ4v) is 2.83. The van der Waals surface area contributed by atoms with E-state index in [1.165, 1.54) is 16.7 Å². The average Bonchev–Trinajstić information content (AvgIpc) is 2.31. The standard InChI is InChI=1S/C15H16N2/c1-9-7-10(2)14-13(8-9)11-5-3-4-6-12(11)15(16)17-14/h3-8,13-14H,1-2H3,(H2,16,17). The van der Waals surface area contributed by atoms with E-state index in [1.807, 2.05) is 6.07 Å². The van der Waals surface area contributed by atoms with Gasteiger partial charge in [-0.3, -0.25) is 4.99 Å². The minimum Gasteiger partial charge on any atom is -0.383 e. The molecule has 17 heavy (non-hydrogen) atoms. The molecule has 3 rings (SSSR count). The number of hydrogen-bond donors (Lipinski definition) is 1. The molecule has 2 nitrogen and oxygen atoms in total. The van der Waals surface area contributed by atoms with Crippen molar-refractivity contribution in [2.24, 2.45) is 10.7 Å². The first-order valence-electron chi connectivity index (χ1n) is 5.96. The Labute approximate surface area is 102 Å². The molecule has 1 aromatic rings. The predicted molar refractivity (Wildman–Crippen MR) is 71.2 cm³/mol. The number of benzene rings is 1. The number of allylic oxidation sites excluding steroid dienone is 2. The van der Waals surface area contributed by atoms with E-state index < -0.39 is 0 Å². The van der Waals surface area contributed by atoms with Crippen LogP contribution in [0.5, 0.6) is 0 Å². The van der Waals surface area contributed by atoms with Crippen LogP contribution in [0.25, 0.3) is 0 Å². The maximum absolute atomic E-state index is 6.05. The van der Waals surface area contributed by atoms with Gasteiger partial charge < -0.3 is 5.73 Å². The van der Waals surface area contributed by atoms with E-state index in [0.717, 1.165) is 5.56 Å². The Balaban J connectivity index is 2.20. The van der Waals surface area contributed by atoms with Gasteiger partial charge in [0, 0.05) is 11.5 Å². The summed E-state index contributed by atoms with van der Waals surface area (Å²) in [5.74, 6) is 1.02. The third-order valence-corrected chi connectivity index (χ3v) is 3.58. The van der Waals surface area contributed by atoms with E-state index in [4.69, 9.17) is 5.73 Å². The SMILES string of the molecule is CC1=CC2c3ccccc3C(N)=NC2C(C)=C1. The normalized spacial score (nSPS) is 26.4. The lowest BCUT2D eigenvalue weighted by Gasteiger charge is -2.32. The molecule has 0 aromatic heterocycles. The second kappa shape index (κ2) is 3.59. The van der Waals surface area contributed by atoms with Crippen LogP contribution in [0.3, 0.4) is 0 Å². The van der Waals surface area contributed by atoms with Crippen LogP contribution in [0.1, 0.15) is 30.9 Å². The summed E-state index contributed by atoms with van der Waals surface area (Å²) >= 11 is 0. The number of rotatable bonds is 0. The lowest BCUT2D eigenvalue weighted by Crippen LogP contribution is -2.31. The minimum atomic E-state index is 0.189. The molecule has 0 amide bonds. The van der Waals surface area contributed by atoms with Crippen LogP contribution in [0.15, 0.2) is 52.6 Å². The van der Waals surface area contributed by atoms with E-state index >= 15 is 0 Å². The molecule has 86 valence electrons. The highest BCUT2D eigenvalue weighted by molar-refractivity contribution is 6.00. The third-order valence-electron chi connectivity index (χ3n) is 3.58. The minimum absolute atomic E-state index is 0.189. The van der Waals surface area contributed by atoms with Gasteiger partial charge in [0.1, 0.15) is 5.84 Å². The van der Waals surface area contributed by atoms with Gasteiger partial charge in [0.05, 0.1) is 6.04 Å². The second-order valence-corrected chi connectivity index (χ2v) is 4.87. The fourth-order valence-electron chi connectivity index (χ4n) is 2.83. The van der Waals surface area contributed by atoms with Crippen LogP contribution in [0, 0.1) is 0 Å². The van der Waals surface area contributed by atoms with Crippen LogP contribution >= 0.6 is 0 Å². The van der Waals surface area contributed by atoms with Gasteiger partial charge in [0.15, 0.2) is 0 Å². The Morgan fingerprint density at radius 2 is 1.94 bits per heavy atom. The Bertz CT molecular complexity index is 564. The topological polar surface area (TPSA) is 38.4 Å². The van der Waals surface area contributed by atoms with Gasteiger partial charge in [-0.15, -0.1) is 0 Å². The molecule has 2 atom stereocenters. The smallest absolute Gasteiger partial charge is 0.126 e. The molecule has 1 aliphatic heterocycles. The molecular weight excluding hydrogens is 208 g/mol. The summed E-state index contributed by atoms with van der Waals surface area (Å²) in [5, 5.41) is 0. The summed E-state index contributed by atoms with van der Waals surface area (Å²) in [5.41, 5.74) is 11.1. The first-order chi connectivity index (χ1) is 8.16. The van der Waals surface area contributed by atoms with E-state index in [2.05, 4.69) is 49.2 Å². The molecule has 2 unspecified atom stereocenters. The van der Waals surface area contributed by atoms with Gasteiger partial charge in [-0.05, 0) is 25.0 Å². The summed E-state index contributed by atoms with van der Waals surface area (Å²) in [7, 11) is 0. The van der Waals surface area contributed by atoms with Crippen molar-refractivity contribution in [1.29, 1.82) is 0 Å². The molecule has 2 aliphatic rings. The summed E-state index contributed by atoms with van der Waals surface area (Å²) < 4.78 is 0. The maximum Gasteiger partial charge on any atom is 0.126 e. The monoisotopic (exact) mass is 224 g/mol. The molecule has 0 fully saturated rings. The lowest BCUT2D eigenvalue weighted by molar-refractivity contribution is 0.661. The van der Waals surface area contributed by atoms with Crippen molar-refractivity contribution >= 4 is 5.84 Å². The van der Waals surface area contributed by atoms with Gasteiger partial charge >= 0.3 is 0 Å². The molecule has 2 N–H and O–H groups in total. The van der Waals surface area contributed by atoms with Crippen molar-refractivity contribution in [2.75, 3.05) is 0 Å². The van der Waals surface area contributed by atoms with Crippen LogP contribution in [-0.4, -0.2) is 11.9 Å². The van der Waals surface area contributed by atoms with Crippen molar-refractivity contribution in [3.8, 4) is 0 Å². The molecule has 1 aliphatic carbocycles. The van der Waals surface area contributed by atoms with Crippen LogP contribution < -0.4 is 5.73 Å². The van der Waals surface area contributed by atoms with E-state index in [9.17, 15) is 0 Å². The largest absolute Gasteiger partial charge is 0.383 e. The van der Waals surface area contributed by atoms with E-state index in [1.54, 1.807) is 0 Å². The number of fused-ring (bicyclic) bond motifs is 3. The molecule has 0 radical (unpaired) electrons. The van der Waals surface area contributed by atoms with E-state index in [-0.39, 0.29) is 6.04 Å². The van der Waals surface area contributed by atoms with E-state index in [0.29, 0.717) is 11.8 Å². The average molecular weight is 224 g/mol. The van der Waals surface area contributed by atoms with Crippen LogP contribution in [-0.2, 0) is 0 Å². The molecule has 0 spiro atoms. The molecule has 1 aromatic carbocycles. The molecule has 0 bridgehead atoms. The zero-order valence-electron chi connectivity index (χ0n) is 10.1. The number of amidine groups is 1. The van der Waals surface area contributed by atoms with Crippen LogP contribution in [0.2, 0.25) is 0 Å². The summed E-state index contributed by atoms with van der Waals surface area (Å²) in [4.78, 5) is 4.64. The summed E-state index contributed by atoms with van der Waals surface area (Å²) in [6, 6.07) is 8.50. The number of hydrogen-bond acceptors (Lipinski definition) is 2. The molecule has 2 heteroatoms. The van der Waals surface area contributed by atoms with Gasteiger partial charge in [-0.2, -0.15) is 0 Å². The molecule has 0 saturated heterocycles. The Kier molecular flexibility index (Phi) is 2.18. The fraction of sp³-hybridized carbons (Fsp3) is 0.267. The first-order valence-corrected chi connectivity index (χ1v) is 5.96. The van der Waals surface area contributed by atoms with Crippen molar-refractivity contribution < 1.29 is 0 Å². The number of nitrogens with two attached hydrogens (primary N) is 1. The van der Waals surface area contributed by atoms with Gasteiger partial charge in [0.2, 0.25) is 0 Å². The Morgan fingerprint density at radius 3 is 2.76 bits per heavy atom. The van der Waals surface area contributed by atoms with Gasteiger partial charge in [-0.1, -0.05) is 42.0 Å². The maximum atomic E-state index is 6.05. The van der Waals surface area contributed by atoms with Crippen molar-refractivity contribution in [3.63, 3.8) is 0 Å². The Hall–Kier alpha value is -1.83. The number of nitrogens with zero attached hydrogens (tertiary/aromatic N) is 1. The second-order valence-electron chi connectivity index (χ2n) is 4.87. The zero-order valence-corrected chi connectivity index (χ0v) is 10.1. The first kappa shape index (κ1) is 10.3. The Morgan fingerprint density at radius 1 is 1.18 bits per heavy atom. The zero-order chi connectivity index (χ0) is 12.0. The summed E-state index contributed by atoms with van der Waals surface area (Å²) in [6.07, 6.45) is 4.50. The molecule has 0 saturated carbocycles. The quantitative estimate of drug-likeness (QED) is 0.723. The molecular formula is C15H16N2. The van der Waals surface area contributed by atoms with Crippen molar-refractivity contribution in [2.45, 2.75) is 25.8 Å². The van der Waals surface area contributed by atoms with Gasteiger partial charge in [0.25, 0.3) is 0 Å². The molecule has 1 heterocycles. The van der Waals surface area contributed by atoms with Crippen molar-refractivity contribution in [1.82, 2.24) is 0 Å². The highest BCUT2D eigenvalue weighted by Gasteiger charge is 2.31. The van der Waals surface area contributed by atoms with Crippen molar-refractivity contribution in [3.05, 3.63) is 58.7 Å². The van der Waals surface area contributed by atoms with Crippen LogP contribution in [0.4, 0.5) is 0 Å². The highest BCUT2D eigenvalue weighted by Crippen LogP contribution is 2.37. The predicted octanol–water partition coefficient (Wildman–Crippen LogP) is 2.76. The third kappa shape index (κ3) is 1.52. The highest BCUT2D eigenvalue weighted by atomic mass is 14.9. The summed E-state index contributed by atoms with van der Waals surface area (Å²) in [6.45, 7) is 4.28. The van der Waals surface area contributed by atoms with Gasteiger partial charge in [-0.25, -0.2) is 0 Å². The lowest BCUT2D eigenvalue weighted by atomic mass is 9.78. The number of aliphatic imine (C=N–C) groups is 1.